The van der Waals surface area contributed by atoms with Crippen molar-refractivity contribution in [3.63, 3.8) is 0 Å². The summed E-state index contributed by atoms with van der Waals surface area (Å²) in [4.78, 5) is 29.3. The second-order valence-corrected chi connectivity index (χ2v) is 2.13. The Bertz CT molecular complexity index is 50.4. The van der Waals surface area contributed by atoms with Crippen LogP contribution in [0, 0.1) is 0 Å². The molecule has 0 amide bonds. The predicted octanol–water partition coefficient (Wildman–Crippen LogP) is -8.29. The molecule has 0 aliphatic rings. The molecule has 0 saturated heterocycles. The summed E-state index contributed by atoms with van der Waals surface area (Å²) in [6.07, 6.45) is 0. The molecule has 0 unspecified atom stereocenters. The van der Waals surface area contributed by atoms with Gasteiger partial charge in [-0.25, -0.2) is 0 Å². The van der Waals surface area contributed by atoms with Crippen LogP contribution in [0.5, 0.6) is 0 Å². The van der Waals surface area contributed by atoms with Gasteiger partial charge in [0.2, 0.25) is 0 Å². The molecule has 0 aliphatic carbocycles. The van der Waals surface area contributed by atoms with E-state index in [0.29, 0.717) is 0 Å². The van der Waals surface area contributed by atoms with Crippen LogP contribution in [0.3, 0.4) is 0 Å². The van der Waals surface area contributed by atoms with Crippen molar-refractivity contribution >= 4 is 16.4 Å². The van der Waals surface area contributed by atoms with E-state index < -0.39 is 16.4 Å². The van der Waals surface area contributed by atoms with E-state index in [-0.39, 0.29) is 18.9 Å². The van der Waals surface area contributed by atoms with Gasteiger partial charge >= 0.3 is 35.2 Å². The normalized spacial score (nSPS) is 8.70. The van der Waals surface area contributed by atoms with E-state index in [0.717, 1.165) is 0 Å². The van der Waals surface area contributed by atoms with Crippen LogP contribution in [0.25, 0.3) is 0 Å². The minimum Gasteiger partial charge on any atom is -0.832 e. The number of rotatable bonds is 0. The number of hydrogen-bond donors (Lipinski definition) is 6. The molecule has 0 atom stereocenters. The van der Waals surface area contributed by atoms with Crippen molar-refractivity contribution in [2.24, 2.45) is 0 Å². The van der Waals surface area contributed by atoms with E-state index >= 15 is 0 Å². The topological polar surface area (TPSA) is 144 Å². The van der Waals surface area contributed by atoms with Gasteiger partial charge in [-0.3, -0.25) is 0 Å². The van der Waals surface area contributed by atoms with Crippen LogP contribution in [0.4, 0.5) is 0 Å². The van der Waals surface area contributed by atoms with Crippen molar-refractivity contribution in [3.05, 3.63) is 0 Å². The van der Waals surface area contributed by atoms with Gasteiger partial charge in [0.05, 0.1) is 0 Å². The zero-order chi connectivity index (χ0) is 8.08. The Morgan fingerprint density at radius 3 is 1.00 bits per heavy atom. The molecule has 0 aliphatic heterocycles. The molecular weight excluding hydrogens is 158 g/mol. The van der Waals surface area contributed by atoms with E-state index in [2.05, 4.69) is 0 Å². The number of hydrogen-bond acceptors (Lipinski definition) is 7. The third-order valence-electron chi connectivity index (χ3n) is 0. The standard InChI is InChI=1S/BH2O3.Li.H4O4Si/c2-1(3)4;;1-5(2,3)4/h2-3H;;1-4H/q-1;+1;. The summed E-state index contributed by atoms with van der Waals surface area (Å²) in [5, 5.41) is 22.8. The molecule has 0 heterocycles. The average Bonchev–Trinajstić information content (AvgIpc) is 1.19. The fourth-order valence-electron chi connectivity index (χ4n) is 0. The Hall–Kier alpha value is 0.599. The van der Waals surface area contributed by atoms with Gasteiger partial charge in [-0.1, -0.05) is 0 Å². The Morgan fingerprint density at radius 2 is 1.00 bits per heavy atom. The van der Waals surface area contributed by atoms with Crippen LogP contribution in [-0.2, 0) is 0 Å². The SMILES string of the molecule is O[Si](O)(O)O.[Li+].[O-]B(O)O. The first-order valence-electron chi connectivity index (χ1n) is 1.65. The summed E-state index contributed by atoms with van der Waals surface area (Å²) in [6, 6.07) is 0. The molecule has 7 nitrogen and oxygen atoms in total. The molecule has 6 N–H and O–H groups in total. The molecule has 56 valence electrons. The molecule has 0 radical (unpaired) electrons. The van der Waals surface area contributed by atoms with Gasteiger partial charge in [-0.05, 0) is 0 Å². The first kappa shape index (κ1) is 16.9. The Kier molecular flexibility index (Phi) is 13.0. The van der Waals surface area contributed by atoms with E-state index in [4.69, 9.17) is 34.3 Å². The Balaban J connectivity index is -0.0000000910. The summed E-state index contributed by atoms with van der Waals surface area (Å²) in [7, 11) is -7.03. The fraction of sp³-hybridized carbons (Fsp3) is 0. The van der Waals surface area contributed by atoms with Crippen LogP contribution in [0.1, 0.15) is 0 Å². The molecule has 0 aromatic carbocycles. The summed E-state index contributed by atoms with van der Waals surface area (Å²) in [5.74, 6) is 0. The molecular formula is H6BLiO7Si. The fourth-order valence-corrected chi connectivity index (χ4v) is 0. The molecule has 10 heavy (non-hydrogen) atoms. The first-order chi connectivity index (χ1) is 3.73. The Morgan fingerprint density at radius 1 is 1.00 bits per heavy atom. The van der Waals surface area contributed by atoms with Crippen molar-refractivity contribution in [1.29, 1.82) is 0 Å². The first-order valence-corrected chi connectivity index (χ1v) is 3.44. The van der Waals surface area contributed by atoms with Crippen molar-refractivity contribution in [2.75, 3.05) is 0 Å². The van der Waals surface area contributed by atoms with E-state index in [1.807, 2.05) is 0 Å². The zero-order valence-corrected chi connectivity index (χ0v) is 6.17. The second-order valence-electron chi connectivity index (χ2n) is 0.926. The molecule has 0 aromatic rings. The van der Waals surface area contributed by atoms with Crippen molar-refractivity contribution in [1.82, 2.24) is 0 Å². The largest absolute Gasteiger partial charge is 1.00 e. The summed E-state index contributed by atoms with van der Waals surface area (Å²) in [5.41, 5.74) is 0. The molecule has 0 bridgehead atoms. The molecule has 0 spiro atoms. The van der Waals surface area contributed by atoms with Gasteiger partial charge < -0.3 is 34.3 Å². The van der Waals surface area contributed by atoms with Crippen LogP contribution in [0.15, 0.2) is 0 Å². The van der Waals surface area contributed by atoms with Gasteiger partial charge in [0, 0.05) is 0 Å². The third kappa shape index (κ3) is 1380. The molecule has 10 heteroatoms. The monoisotopic (exact) mass is 164 g/mol. The van der Waals surface area contributed by atoms with Gasteiger partial charge in [0.1, 0.15) is 0 Å². The summed E-state index contributed by atoms with van der Waals surface area (Å²) in [6.45, 7) is 0. The minimum atomic E-state index is -4.61. The van der Waals surface area contributed by atoms with Crippen LogP contribution >= 0.6 is 0 Å². The summed E-state index contributed by atoms with van der Waals surface area (Å²) < 4.78 is 0. The average molecular weight is 164 g/mol. The predicted molar refractivity (Wildman–Crippen MR) is 24.8 cm³/mol. The van der Waals surface area contributed by atoms with Crippen LogP contribution in [-0.4, -0.2) is 45.6 Å². The smallest absolute Gasteiger partial charge is 0.832 e. The Labute approximate surface area is 70.0 Å². The maximum absolute atomic E-state index is 8.64. The van der Waals surface area contributed by atoms with Gasteiger partial charge in [0.25, 0.3) is 0 Å². The van der Waals surface area contributed by atoms with Crippen LogP contribution < -0.4 is 23.9 Å². The van der Waals surface area contributed by atoms with Gasteiger partial charge in [0.15, 0.2) is 0 Å². The molecule has 0 rings (SSSR count). The quantitative estimate of drug-likeness (QED) is 0.195. The van der Waals surface area contributed by atoms with Crippen molar-refractivity contribution in [2.45, 2.75) is 0 Å². The van der Waals surface area contributed by atoms with Crippen LogP contribution in [0.2, 0.25) is 0 Å². The van der Waals surface area contributed by atoms with Crippen molar-refractivity contribution < 1.29 is 53.1 Å². The second kappa shape index (κ2) is 7.70. The van der Waals surface area contributed by atoms with E-state index in [1.165, 1.54) is 0 Å². The zero-order valence-electron chi connectivity index (χ0n) is 5.17. The molecule has 0 fully saturated rings. The van der Waals surface area contributed by atoms with E-state index in [9.17, 15) is 0 Å². The summed E-state index contributed by atoms with van der Waals surface area (Å²) >= 11 is 0. The van der Waals surface area contributed by atoms with Crippen molar-refractivity contribution in [3.8, 4) is 0 Å². The minimum absolute atomic E-state index is 0. The maximum Gasteiger partial charge on any atom is 1.00 e. The third-order valence-corrected chi connectivity index (χ3v) is 0. The molecule has 0 aromatic heterocycles. The molecule has 0 saturated carbocycles. The van der Waals surface area contributed by atoms with E-state index in [1.54, 1.807) is 0 Å². The maximum atomic E-state index is 8.64. The van der Waals surface area contributed by atoms with Gasteiger partial charge in [-0.15, -0.1) is 0 Å². The van der Waals surface area contributed by atoms with Gasteiger partial charge in [-0.2, -0.15) is 0 Å².